The number of benzene rings is 2. The van der Waals surface area contributed by atoms with E-state index in [1.54, 1.807) is 13.2 Å². The fraction of sp³-hybridized carbons (Fsp3) is 0.217. The predicted octanol–water partition coefficient (Wildman–Crippen LogP) is 3.58. The Morgan fingerprint density at radius 3 is 2.61 bits per heavy atom. The third kappa shape index (κ3) is 6.33. The molecule has 0 aliphatic rings. The number of ether oxygens (including phenoxy) is 1. The van der Waals surface area contributed by atoms with Crippen LogP contribution in [0.25, 0.3) is 6.08 Å². The summed E-state index contributed by atoms with van der Waals surface area (Å²) in [7, 11) is 5.59. The van der Waals surface area contributed by atoms with Gasteiger partial charge in [0.2, 0.25) is 0 Å². The molecule has 0 saturated carbocycles. The van der Waals surface area contributed by atoms with Crippen LogP contribution in [0, 0.1) is 11.3 Å². The molecule has 144 valence electrons. The highest BCUT2D eigenvalue weighted by atomic mass is 16.5. The minimum absolute atomic E-state index is 0.0757. The molecular formula is C23H25N3O2. The molecule has 0 saturated heterocycles. The van der Waals surface area contributed by atoms with Gasteiger partial charge in [-0.1, -0.05) is 36.4 Å². The first-order chi connectivity index (χ1) is 13.5. The third-order valence-electron chi connectivity index (χ3n) is 4.16. The predicted molar refractivity (Wildman–Crippen MR) is 113 cm³/mol. The van der Waals surface area contributed by atoms with Gasteiger partial charge in [-0.2, -0.15) is 5.26 Å². The van der Waals surface area contributed by atoms with E-state index in [1.807, 2.05) is 79.7 Å². The minimum atomic E-state index is -0.377. The lowest BCUT2D eigenvalue weighted by Gasteiger charge is -2.11. The lowest BCUT2D eigenvalue weighted by atomic mass is 10.1. The first-order valence-electron chi connectivity index (χ1n) is 9.00. The van der Waals surface area contributed by atoms with Gasteiger partial charge in [-0.25, -0.2) is 0 Å². The molecule has 2 rings (SSSR count). The van der Waals surface area contributed by atoms with Gasteiger partial charge in [0.1, 0.15) is 17.4 Å². The van der Waals surface area contributed by atoms with E-state index < -0.39 is 0 Å². The molecule has 0 spiro atoms. The Bertz CT molecular complexity index is 891. The van der Waals surface area contributed by atoms with Crippen LogP contribution in [-0.2, 0) is 11.2 Å². The molecule has 0 aliphatic carbocycles. The van der Waals surface area contributed by atoms with Crippen molar-refractivity contribution in [1.29, 1.82) is 5.26 Å². The monoisotopic (exact) mass is 375 g/mol. The molecule has 0 aliphatic heterocycles. The number of methoxy groups -OCH3 is 1. The molecule has 5 heteroatoms. The second kappa shape index (κ2) is 10.6. The highest BCUT2D eigenvalue weighted by molar-refractivity contribution is 5.97. The van der Waals surface area contributed by atoms with E-state index in [0.29, 0.717) is 13.0 Å². The van der Waals surface area contributed by atoms with E-state index in [2.05, 4.69) is 5.32 Å². The van der Waals surface area contributed by atoms with Gasteiger partial charge in [0.15, 0.2) is 0 Å². The van der Waals surface area contributed by atoms with Gasteiger partial charge < -0.3 is 15.0 Å². The fourth-order valence-electron chi connectivity index (χ4n) is 2.55. The maximum absolute atomic E-state index is 12.2. The molecule has 1 N–H and O–H groups in total. The molecule has 2 aromatic carbocycles. The second-order valence-corrected chi connectivity index (χ2v) is 6.39. The topological polar surface area (TPSA) is 65.4 Å². The Morgan fingerprint density at radius 1 is 1.21 bits per heavy atom. The molecule has 0 atom stereocenters. The summed E-state index contributed by atoms with van der Waals surface area (Å²) < 4.78 is 5.19. The van der Waals surface area contributed by atoms with E-state index in [4.69, 9.17) is 4.74 Å². The molecule has 0 bridgehead atoms. The zero-order valence-electron chi connectivity index (χ0n) is 16.5. The lowest BCUT2D eigenvalue weighted by molar-refractivity contribution is -0.117. The fourth-order valence-corrected chi connectivity index (χ4v) is 2.55. The van der Waals surface area contributed by atoms with E-state index >= 15 is 0 Å². The van der Waals surface area contributed by atoms with Crippen molar-refractivity contribution in [3.8, 4) is 11.8 Å². The Kier molecular flexibility index (Phi) is 7.86. The smallest absolute Gasteiger partial charge is 0.261 e. The molecule has 1 amide bonds. The van der Waals surface area contributed by atoms with Crippen LogP contribution >= 0.6 is 0 Å². The van der Waals surface area contributed by atoms with Crippen molar-refractivity contribution in [2.75, 3.05) is 32.6 Å². The first-order valence-corrected chi connectivity index (χ1v) is 9.00. The third-order valence-corrected chi connectivity index (χ3v) is 4.16. The zero-order valence-corrected chi connectivity index (χ0v) is 16.5. The quantitative estimate of drug-likeness (QED) is 0.435. The Labute approximate surface area is 166 Å². The van der Waals surface area contributed by atoms with E-state index in [-0.39, 0.29) is 11.5 Å². The minimum Gasteiger partial charge on any atom is -0.497 e. The number of hydrogen-bond acceptors (Lipinski definition) is 4. The van der Waals surface area contributed by atoms with Crippen LogP contribution in [0.15, 0.2) is 66.3 Å². The summed E-state index contributed by atoms with van der Waals surface area (Å²) in [5, 5.41) is 12.0. The van der Waals surface area contributed by atoms with Crippen LogP contribution in [0.2, 0.25) is 0 Å². The summed E-state index contributed by atoms with van der Waals surface area (Å²) in [6.45, 7) is 0.445. The van der Waals surface area contributed by atoms with Crippen LogP contribution < -0.4 is 15.0 Å². The molecule has 0 radical (unpaired) electrons. The van der Waals surface area contributed by atoms with E-state index in [1.165, 1.54) is 6.08 Å². The van der Waals surface area contributed by atoms with Crippen LogP contribution in [-0.4, -0.2) is 33.7 Å². The maximum atomic E-state index is 12.2. The van der Waals surface area contributed by atoms with Crippen molar-refractivity contribution in [2.45, 2.75) is 6.42 Å². The molecule has 28 heavy (non-hydrogen) atoms. The van der Waals surface area contributed by atoms with Crippen molar-refractivity contribution < 1.29 is 9.53 Å². The first kappa shape index (κ1) is 20.8. The summed E-state index contributed by atoms with van der Waals surface area (Å²) >= 11 is 0. The number of amides is 1. The number of carbonyl (C=O) groups excluding carboxylic acids is 1. The molecule has 0 aromatic heterocycles. The highest BCUT2D eigenvalue weighted by Crippen LogP contribution is 2.14. The molecule has 2 aromatic rings. The SMILES string of the molecule is COc1cccc(CCNC(=O)/C(C#N)=C/C=C/c2ccc(N(C)C)cc2)c1. The van der Waals surface area contributed by atoms with Crippen molar-refractivity contribution in [3.63, 3.8) is 0 Å². The lowest BCUT2D eigenvalue weighted by Crippen LogP contribution is -2.26. The van der Waals surface area contributed by atoms with Crippen LogP contribution in [0.1, 0.15) is 11.1 Å². The van der Waals surface area contributed by atoms with Gasteiger partial charge in [0, 0.05) is 26.3 Å². The zero-order chi connectivity index (χ0) is 20.4. The molecule has 0 fully saturated rings. The van der Waals surface area contributed by atoms with Crippen molar-refractivity contribution >= 4 is 17.7 Å². The summed E-state index contributed by atoms with van der Waals surface area (Å²) in [6.07, 6.45) is 5.77. The van der Waals surface area contributed by atoms with Crippen LogP contribution in [0.3, 0.4) is 0 Å². The second-order valence-electron chi connectivity index (χ2n) is 6.39. The van der Waals surface area contributed by atoms with E-state index in [9.17, 15) is 10.1 Å². The Hall–Kier alpha value is -3.52. The molecular weight excluding hydrogens is 350 g/mol. The van der Waals surface area contributed by atoms with Gasteiger partial charge >= 0.3 is 0 Å². The number of hydrogen-bond donors (Lipinski definition) is 1. The van der Waals surface area contributed by atoms with Gasteiger partial charge in [0.25, 0.3) is 5.91 Å². The molecule has 0 unspecified atom stereocenters. The Balaban J connectivity index is 1.90. The summed E-state index contributed by atoms with van der Waals surface area (Å²) in [5.41, 5.74) is 3.24. The number of carbonyl (C=O) groups is 1. The van der Waals surface area contributed by atoms with Gasteiger partial charge in [0.05, 0.1) is 7.11 Å². The number of nitriles is 1. The summed E-state index contributed by atoms with van der Waals surface area (Å²) in [5.74, 6) is 0.406. The van der Waals surface area contributed by atoms with E-state index in [0.717, 1.165) is 22.6 Å². The van der Waals surface area contributed by atoms with Gasteiger partial charge in [-0.3, -0.25) is 4.79 Å². The maximum Gasteiger partial charge on any atom is 0.261 e. The van der Waals surface area contributed by atoms with Crippen LogP contribution in [0.5, 0.6) is 5.75 Å². The molecule has 0 heterocycles. The average molecular weight is 375 g/mol. The molecule has 5 nitrogen and oxygen atoms in total. The standard InChI is InChI=1S/C23H25N3O2/c1-26(2)21-12-10-18(11-13-21)6-4-8-20(17-24)23(27)25-15-14-19-7-5-9-22(16-19)28-3/h4-13,16H,14-15H2,1-3H3,(H,25,27)/b6-4+,20-8+. The Morgan fingerprint density at radius 2 is 1.96 bits per heavy atom. The van der Waals surface area contributed by atoms with Gasteiger partial charge in [-0.05, 0) is 47.9 Å². The normalized spacial score (nSPS) is 11.1. The number of anilines is 1. The highest BCUT2D eigenvalue weighted by Gasteiger charge is 2.07. The van der Waals surface area contributed by atoms with Crippen molar-refractivity contribution in [3.05, 3.63) is 77.4 Å². The van der Waals surface area contributed by atoms with Crippen molar-refractivity contribution in [2.24, 2.45) is 0 Å². The number of rotatable bonds is 8. The number of nitrogens with one attached hydrogen (secondary N) is 1. The number of allylic oxidation sites excluding steroid dienone is 2. The summed E-state index contributed by atoms with van der Waals surface area (Å²) in [6, 6.07) is 17.6. The number of nitrogens with zero attached hydrogens (tertiary/aromatic N) is 2. The van der Waals surface area contributed by atoms with Crippen LogP contribution in [0.4, 0.5) is 5.69 Å². The van der Waals surface area contributed by atoms with Crippen molar-refractivity contribution in [1.82, 2.24) is 5.32 Å². The van der Waals surface area contributed by atoms with Gasteiger partial charge in [-0.15, -0.1) is 0 Å². The average Bonchev–Trinajstić information content (AvgIpc) is 2.71. The largest absolute Gasteiger partial charge is 0.497 e. The summed E-state index contributed by atoms with van der Waals surface area (Å²) in [4.78, 5) is 14.2.